The number of rotatable bonds is 1. The molecule has 2 rings (SSSR count). The van der Waals surface area contributed by atoms with Gasteiger partial charge in [-0.25, -0.2) is 0 Å². The van der Waals surface area contributed by atoms with Gasteiger partial charge >= 0.3 is 18.9 Å². The van der Waals surface area contributed by atoms with Crippen LogP contribution in [0, 0.1) is 11.3 Å². The Balaban J connectivity index is 0.00000180. The summed E-state index contributed by atoms with van der Waals surface area (Å²) in [6, 6.07) is 9.68. The quantitative estimate of drug-likeness (QED) is 0.538. The first kappa shape index (κ1) is 16.4. The Morgan fingerprint density at radius 1 is 1.05 bits per heavy atom. The number of hydrogen-bond acceptors (Lipinski definition) is 1. The fourth-order valence-electron chi connectivity index (χ4n) is 2.85. The van der Waals surface area contributed by atoms with Crippen molar-refractivity contribution in [2.75, 3.05) is 0 Å². The molecule has 98 valence electrons. The molecule has 0 radical (unpaired) electrons. The smallest absolute Gasteiger partial charge is 0.872 e. The van der Waals surface area contributed by atoms with E-state index < -0.39 is 0 Å². The van der Waals surface area contributed by atoms with Gasteiger partial charge in [-0.05, 0) is 42.6 Å². The maximum Gasteiger partial charge on any atom is 1.00 e. The van der Waals surface area contributed by atoms with Gasteiger partial charge in [0.25, 0.3) is 0 Å². The van der Waals surface area contributed by atoms with Crippen LogP contribution in [0.5, 0.6) is 0 Å². The van der Waals surface area contributed by atoms with E-state index >= 15 is 0 Å². The molecule has 0 unspecified atom stereocenters. The second-order valence-electron chi connectivity index (χ2n) is 6.44. The van der Waals surface area contributed by atoms with E-state index in [9.17, 15) is 5.11 Å². The van der Waals surface area contributed by atoms with Crippen LogP contribution in [0.15, 0.2) is 35.9 Å². The summed E-state index contributed by atoms with van der Waals surface area (Å²) in [7, 11) is 0. The van der Waals surface area contributed by atoms with Crippen LogP contribution in [0.25, 0.3) is 5.76 Å². The number of benzene rings is 1. The molecule has 1 fully saturated rings. The van der Waals surface area contributed by atoms with Crippen molar-refractivity contribution < 1.29 is 24.0 Å². The first-order valence-corrected chi connectivity index (χ1v) is 6.93. The van der Waals surface area contributed by atoms with Crippen molar-refractivity contribution in [2.45, 2.75) is 46.5 Å². The predicted molar refractivity (Wildman–Crippen MR) is 74.8 cm³/mol. The van der Waals surface area contributed by atoms with E-state index in [1.165, 1.54) is 0 Å². The van der Waals surface area contributed by atoms with Gasteiger partial charge in [0.1, 0.15) is 0 Å². The zero-order chi connectivity index (χ0) is 13.2. The summed E-state index contributed by atoms with van der Waals surface area (Å²) in [5, 5.41) is 12.3. The molecule has 1 aliphatic rings. The summed E-state index contributed by atoms with van der Waals surface area (Å²) in [4.78, 5) is 0. The van der Waals surface area contributed by atoms with Crippen LogP contribution >= 0.6 is 0 Å². The van der Waals surface area contributed by atoms with E-state index in [2.05, 4.69) is 20.8 Å². The number of allylic oxidation sites excluding steroid dienone is 1. The molecule has 2 heteroatoms. The van der Waals surface area contributed by atoms with Gasteiger partial charge < -0.3 is 5.11 Å². The van der Waals surface area contributed by atoms with Crippen molar-refractivity contribution in [2.24, 2.45) is 11.3 Å². The molecule has 0 heterocycles. The standard InChI is InChI=1S/C17H24O.Li/c1-17(2,3)15-11-9-14(10-12-15)16(18)13-7-5-4-6-8-13;/h4-8,15,18H,9-12H2,1-3H3;/q;+1/p-1. The molecule has 0 aliphatic heterocycles. The van der Waals surface area contributed by atoms with Gasteiger partial charge in [-0.1, -0.05) is 56.7 Å². The zero-order valence-corrected chi connectivity index (χ0v) is 12.7. The molecule has 0 spiro atoms. The van der Waals surface area contributed by atoms with Gasteiger partial charge in [0.05, 0.1) is 0 Å². The van der Waals surface area contributed by atoms with E-state index in [1.807, 2.05) is 30.3 Å². The van der Waals surface area contributed by atoms with Gasteiger partial charge in [0.15, 0.2) is 0 Å². The van der Waals surface area contributed by atoms with Crippen LogP contribution in [0.2, 0.25) is 0 Å². The van der Waals surface area contributed by atoms with Gasteiger partial charge in [-0.2, -0.15) is 0 Å². The Labute approximate surface area is 129 Å². The maximum absolute atomic E-state index is 12.3. The maximum atomic E-state index is 12.3. The van der Waals surface area contributed by atoms with Gasteiger partial charge in [0, 0.05) is 0 Å². The zero-order valence-electron chi connectivity index (χ0n) is 12.7. The molecule has 1 aromatic carbocycles. The van der Waals surface area contributed by atoms with Crippen molar-refractivity contribution >= 4 is 5.76 Å². The molecule has 1 saturated carbocycles. The van der Waals surface area contributed by atoms with E-state index in [1.54, 1.807) is 0 Å². The SMILES string of the molecule is CC(C)(C)C1CCC(=C([O-])c2ccccc2)CC1.[Li+]. The van der Waals surface area contributed by atoms with Gasteiger partial charge in [0.2, 0.25) is 0 Å². The van der Waals surface area contributed by atoms with Crippen LogP contribution in [-0.2, 0) is 0 Å². The third-order valence-electron chi connectivity index (χ3n) is 4.17. The van der Waals surface area contributed by atoms with Crippen LogP contribution in [0.4, 0.5) is 0 Å². The predicted octanol–water partition coefficient (Wildman–Crippen LogP) is 0.998. The van der Waals surface area contributed by atoms with Crippen LogP contribution in [0.1, 0.15) is 52.0 Å². The summed E-state index contributed by atoms with van der Waals surface area (Å²) in [6.07, 6.45) is 4.29. The van der Waals surface area contributed by atoms with Gasteiger partial charge in [-0.3, -0.25) is 0 Å². The van der Waals surface area contributed by atoms with Crippen molar-refractivity contribution in [1.29, 1.82) is 0 Å². The number of hydrogen-bond donors (Lipinski definition) is 0. The molecular weight excluding hydrogens is 227 g/mol. The Hall–Kier alpha value is -0.643. The average molecular weight is 250 g/mol. The molecule has 0 N–H and O–H groups in total. The van der Waals surface area contributed by atoms with Crippen molar-refractivity contribution in [3.63, 3.8) is 0 Å². The van der Waals surface area contributed by atoms with Crippen LogP contribution < -0.4 is 24.0 Å². The molecular formula is C17H23LiO. The molecule has 19 heavy (non-hydrogen) atoms. The summed E-state index contributed by atoms with van der Waals surface area (Å²) < 4.78 is 0. The summed E-state index contributed by atoms with van der Waals surface area (Å²) in [6.45, 7) is 6.92. The molecule has 0 aromatic heterocycles. The molecule has 0 bridgehead atoms. The third-order valence-corrected chi connectivity index (χ3v) is 4.17. The minimum Gasteiger partial charge on any atom is -0.872 e. The molecule has 1 aromatic rings. The Morgan fingerprint density at radius 2 is 1.58 bits per heavy atom. The summed E-state index contributed by atoms with van der Waals surface area (Å²) in [5.41, 5.74) is 2.35. The van der Waals surface area contributed by atoms with E-state index in [4.69, 9.17) is 0 Å². The van der Waals surface area contributed by atoms with E-state index in [-0.39, 0.29) is 24.6 Å². The Morgan fingerprint density at radius 3 is 2.05 bits per heavy atom. The average Bonchev–Trinajstić information content (AvgIpc) is 2.38. The van der Waals surface area contributed by atoms with Crippen molar-refractivity contribution in [1.82, 2.24) is 0 Å². The minimum atomic E-state index is 0. The summed E-state index contributed by atoms with van der Waals surface area (Å²) in [5.74, 6) is 1.02. The fourth-order valence-corrected chi connectivity index (χ4v) is 2.85. The summed E-state index contributed by atoms with van der Waals surface area (Å²) >= 11 is 0. The Kier molecular flexibility index (Phi) is 5.77. The normalized spacial score (nSPS) is 19.7. The Bertz CT molecular complexity index is 418. The fraction of sp³-hybridized carbons (Fsp3) is 0.529. The van der Waals surface area contributed by atoms with Crippen LogP contribution in [-0.4, -0.2) is 0 Å². The second kappa shape index (κ2) is 6.69. The first-order valence-electron chi connectivity index (χ1n) is 6.93. The van der Waals surface area contributed by atoms with E-state index in [0.29, 0.717) is 5.41 Å². The molecule has 0 atom stereocenters. The molecule has 1 nitrogen and oxygen atoms in total. The van der Waals surface area contributed by atoms with Crippen molar-refractivity contribution in [3.8, 4) is 0 Å². The van der Waals surface area contributed by atoms with Crippen molar-refractivity contribution in [3.05, 3.63) is 41.5 Å². The second-order valence-corrected chi connectivity index (χ2v) is 6.44. The van der Waals surface area contributed by atoms with Crippen LogP contribution in [0.3, 0.4) is 0 Å². The topological polar surface area (TPSA) is 23.1 Å². The van der Waals surface area contributed by atoms with E-state index in [0.717, 1.165) is 42.7 Å². The molecule has 0 saturated heterocycles. The molecule has 1 aliphatic carbocycles. The third kappa shape index (κ3) is 4.16. The monoisotopic (exact) mass is 250 g/mol. The van der Waals surface area contributed by atoms with Gasteiger partial charge in [-0.15, -0.1) is 5.76 Å². The largest absolute Gasteiger partial charge is 1.00 e. The molecule has 0 amide bonds. The first-order chi connectivity index (χ1) is 8.48. The minimum absolute atomic E-state index is 0.